The van der Waals surface area contributed by atoms with Crippen LogP contribution in [0.4, 0.5) is 8.78 Å². The first-order chi connectivity index (χ1) is 13.7. The molecule has 9 heteroatoms. The molecule has 0 aromatic carbocycles. The topological polar surface area (TPSA) is 105 Å². The predicted molar refractivity (Wildman–Crippen MR) is 101 cm³/mol. The van der Waals surface area contributed by atoms with Crippen LogP contribution in [-0.4, -0.2) is 45.0 Å². The Morgan fingerprint density at radius 1 is 1.31 bits per heavy atom. The smallest absolute Gasteiger partial charge is 0.264 e. The number of aromatic amines is 1. The third-order valence-corrected chi connectivity index (χ3v) is 6.13. The van der Waals surface area contributed by atoms with Crippen LogP contribution in [0.1, 0.15) is 55.0 Å². The van der Waals surface area contributed by atoms with Crippen molar-refractivity contribution in [3.63, 3.8) is 0 Å². The molecule has 2 aromatic rings. The molecule has 1 aliphatic heterocycles. The Labute approximate surface area is 166 Å². The van der Waals surface area contributed by atoms with E-state index in [1.54, 1.807) is 24.1 Å². The quantitative estimate of drug-likeness (QED) is 0.793. The summed E-state index contributed by atoms with van der Waals surface area (Å²) < 4.78 is 29.4. The zero-order valence-corrected chi connectivity index (χ0v) is 16.1. The number of amides is 1. The molecular formula is C20H23F2N5O2. The Kier molecular flexibility index (Phi) is 4.72. The van der Waals surface area contributed by atoms with E-state index in [2.05, 4.69) is 15.2 Å². The Balaban J connectivity index is 1.67. The fourth-order valence-electron chi connectivity index (χ4n) is 3.96. The first-order valence-corrected chi connectivity index (χ1v) is 9.66. The number of pyridine rings is 1. The number of nitrogens with zero attached hydrogens (tertiary/aromatic N) is 3. The Hall–Kier alpha value is -2.68. The molecule has 3 heterocycles. The van der Waals surface area contributed by atoms with E-state index in [-0.39, 0.29) is 18.8 Å². The lowest BCUT2D eigenvalue weighted by Crippen LogP contribution is -2.59. The summed E-state index contributed by atoms with van der Waals surface area (Å²) in [6.07, 6.45) is 3.54. The minimum Gasteiger partial charge on any atom is -0.368 e. The van der Waals surface area contributed by atoms with E-state index < -0.39 is 35.3 Å². The fourth-order valence-corrected chi connectivity index (χ4v) is 3.96. The van der Waals surface area contributed by atoms with Crippen molar-refractivity contribution in [3.05, 3.63) is 57.8 Å². The van der Waals surface area contributed by atoms with E-state index in [1.165, 1.54) is 12.1 Å². The second kappa shape index (κ2) is 6.98. The van der Waals surface area contributed by atoms with E-state index in [4.69, 9.17) is 5.73 Å². The Morgan fingerprint density at radius 3 is 2.62 bits per heavy atom. The van der Waals surface area contributed by atoms with Gasteiger partial charge in [0, 0.05) is 31.8 Å². The highest BCUT2D eigenvalue weighted by Crippen LogP contribution is 2.44. The zero-order chi connectivity index (χ0) is 20.8. The van der Waals surface area contributed by atoms with Crippen molar-refractivity contribution in [1.29, 1.82) is 0 Å². The van der Waals surface area contributed by atoms with Gasteiger partial charge in [0.05, 0.1) is 17.3 Å². The lowest BCUT2D eigenvalue weighted by Gasteiger charge is -2.45. The van der Waals surface area contributed by atoms with Gasteiger partial charge in [-0.25, -0.2) is 13.9 Å². The molecule has 7 nitrogen and oxygen atoms in total. The highest BCUT2D eigenvalue weighted by atomic mass is 19.3. The zero-order valence-electron chi connectivity index (χ0n) is 16.1. The molecule has 1 saturated heterocycles. The van der Waals surface area contributed by atoms with Crippen molar-refractivity contribution in [1.82, 2.24) is 20.1 Å². The van der Waals surface area contributed by atoms with Gasteiger partial charge in [0.1, 0.15) is 5.54 Å². The van der Waals surface area contributed by atoms with Gasteiger partial charge in [0.2, 0.25) is 5.91 Å². The Morgan fingerprint density at radius 2 is 2.07 bits per heavy atom. The van der Waals surface area contributed by atoms with E-state index in [0.29, 0.717) is 11.6 Å². The molecule has 1 unspecified atom stereocenters. The van der Waals surface area contributed by atoms with Gasteiger partial charge in [0.25, 0.3) is 11.5 Å². The molecule has 2 aliphatic rings. The van der Waals surface area contributed by atoms with Gasteiger partial charge in [-0.3, -0.25) is 19.5 Å². The van der Waals surface area contributed by atoms with Gasteiger partial charge < -0.3 is 5.73 Å². The van der Waals surface area contributed by atoms with Crippen molar-refractivity contribution in [2.45, 2.75) is 49.5 Å². The van der Waals surface area contributed by atoms with E-state index in [0.717, 1.165) is 18.4 Å². The number of alkyl halides is 2. The number of nitrogens with two attached hydrogens (primary N) is 1. The molecule has 2 aromatic heterocycles. The van der Waals surface area contributed by atoms with Crippen molar-refractivity contribution < 1.29 is 13.6 Å². The second-order valence-electron chi connectivity index (χ2n) is 8.04. The van der Waals surface area contributed by atoms with Crippen molar-refractivity contribution in [3.8, 4) is 0 Å². The van der Waals surface area contributed by atoms with E-state index in [1.807, 2.05) is 6.07 Å². The molecule has 4 rings (SSSR count). The fraction of sp³-hybridized carbons (Fsp3) is 0.500. The van der Waals surface area contributed by atoms with E-state index in [9.17, 15) is 18.4 Å². The van der Waals surface area contributed by atoms with Gasteiger partial charge in [-0.2, -0.15) is 5.10 Å². The van der Waals surface area contributed by atoms with Crippen molar-refractivity contribution in [2.24, 2.45) is 5.73 Å². The van der Waals surface area contributed by atoms with Crippen molar-refractivity contribution >= 4 is 5.91 Å². The highest BCUT2D eigenvalue weighted by Gasteiger charge is 2.52. The summed E-state index contributed by atoms with van der Waals surface area (Å²) in [6.45, 7) is 1.46. The lowest BCUT2D eigenvalue weighted by atomic mass is 9.84. The minimum atomic E-state index is -3.02. The third-order valence-electron chi connectivity index (χ3n) is 6.13. The van der Waals surface area contributed by atoms with Gasteiger partial charge in [-0.1, -0.05) is 6.07 Å². The number of rotatable bonds is 5. The molecule has 0 spiro atoms. The van der Waals surface area contributed by atoms with Crippen LogP contribution in [0.3, 0.4) is 0 Å². The summed E-state index contributed by atoms with van der Waals surface area (Å²) in [5.74, 6) is -4.44. The van der Waals surface area contributed by atoms with Crippen LogP contribution in [0.25, 0.3) is 0 Å². The van der Waals surface area contributed by atoms with Crippen LogP contribution >= 0.6 is 0 Å². The number of hydrogen-bond donors (Lipinski definition) is 2. The Bertz CT molecular complexity index is 953. The van der Waals surface area contributed by atoms with Crippen molar-refractivity contribution in [2.75, 3.05) is 13.1 Å². The standard InChI is InChI=1S/C20H23F2N5O2/c1-19(18(23)29,16-6-4-13(10-24-16)12-2-3-12)27-9-8-20(21,22)14(11-27)15-5-7-17(28)26-25-15/h4-7,10,12,14H,2-3,8-9,11H2,1H3,(H2,23,29)(H,26,28)/t14-,19?/m1/s1. The predicted octanol–water partition coefficient (Wildman–Crippen LogP) is 1.87. The van der Waals surface area contributed by atoms with Crippen LogP contribution in [0.15, 0.2) is 35.3 Å². The number of aromatic nitrogens is 3. The monoisotopic (exact) mass is 403 g/mol. The molecule has 1 saturated carbocycles. The summed E-state index contributed by atoms with van der Waals surface area (Å²) in [7, 11) is 0. The van der Waals surface area contributed by atoms with Gasteiger partial charge in [-0.05, 0) is 43.4 Å². The molecule has 1 amide bonds. The summed E-state index contributed by atoms with van der Waals surface area (Å²) in [5, 5.41) is 6.00. The lowest BCUT2D eigenvalue weighted by molar-refractivity contribution is -0.139. The maximum Gasteiger partial charge on any atom is 0.264 e. The number of primary amides is 1. The number of carbonyl (C=O) groups is 1. The molecule has 3 N–H and O–H groups in total. The second-order valence-corrected chi connectivity index (χ2v) is 8.04. The summed E-state index contributed by atoms with van der Waals surface area (Å²) >= 11 is 0. The summed E-state index contributed by atoms with van der Waals surface area (Å²) in [5.41, 5.74) is 5.57. The van der Waals surface area contributed by atoms with Crippen LogP contribution in [0, 0.1) is 0 Å². The van der Waals surface area contributed by atoms with Crippen LogP contribution in [-0.2, 0) is 10.3 Å². The average Bonchev–Trinajstić information content (AvgIpc) is 3.53. The molecule has 2 atom stereocenters. The summed E-state index contributed by atoms with van der Waals surface area (Å²) in [6, 6.07) is 6.16. The SMILES string of the molecule is CC(C(N)=O)(c1ccc(C2CC2)cn1)N1CCC(F)(F)[C@@H](c2ccc(=O)[nH]n2)C1. The maximum atomic E-state index is 14.7. The number of carbonyl (C=O) groups excluding carboxylic acids is 1. The van der Waals surface area contributed by atoms with Crippen LogP contribution < -0.4 is 11.3 Å². The number of halogens is 2. The average molecular weight is 403 g/mol. The van der Waals surface area contributed by atoms with Gasteiger partial charge >= 0.3 is 0 Å². The maximum absolute atomic E-state index is 14.7. The first-order valence-electron chi connectivity index (χ1n) is 9.66. The number of nitrogens with one attached hydrogen (secondary N) is 1. The van der Waals surface area contributed by atoms with Gasteiger partial charge in [-0.15, -0.1) is 0 Å². The minimum absolute atomic E-state index is 0.0155. The molecule has 1 aliphatic carbocycles. The number of hydrogen-bond acceptors (Lipinski definition) is 5. The number of H-pyrrole nitrogens is 1. The molecule has 0 bridgehead atoms. The molecule has 29 heavy (non-hydrogen) atoms. The molecule has 2 fully saturated rings. The normalized spacial score (nSPS) is 24.0. The first kappa shape index (κ1) is 19.6. The third kappa shape index (κ3) is 3.55. The van der Waals surface area contributed by atoms with Crippen LogP contribution in [0.2, 0.25) is 0 Å². The highest BCUT2D eigenvalue weighted by molar-refractivity contribution is 5.85. The number of likely N-dealkylation sites (tertiary alicyclic amines) is 1. The van der Waals surface area contributed by atoms with E-state index >= 15 is 0 Å². The summed E-state index contributed by atoms with van der Waals surface area (Å²) in [4.78, 5) is 29.9. The molecular weight excluding hydrogens is 380 g/mol. The number of piperidine rings is 1. The largest absolute Gasteiger partial charge is 0.368 e. The molecule has 0 radical (unpaired) electrons. The molecule has 154 valence electrons. The van der Waals surface area contributed by atoms with Crippen LogP contribution in [0.5, 0.6) is 0 Å². The van der Waals surface area contributed by atoms with Gasteiger partial charge in [0.15, 0.2) is 0 Å².